The molecule has 1 aliphatic heterocycles. The molecule has 0 aliphatic carbocycles. The van der Waals surface area contributed by atoms with Gasteiger partial charge >= 0.3 is 0 Å². The standard InChI is InChI=1S/C18H30N2/c1-3-5-9-16(4-2)19-17-10-12-18(13-11-17)20-14-7-6-8-15-20/h10-13,16,19H,3-9,14-15H2,1-2H3. The largest absolute Gasteiger partial charge is 0.382 e. The van der Waals surface area contributed by atoms with E-state index in [4.69, 9.17) is 0 Å². The highest BCUT2D eigenvalue weighted by molar-refractivity contribution is 5.55. The van der Waals surface area contributed by atoms with Crippen molar-refractivity contribution in [3.05, 3.63) is 24.3 Å². The molecule has 20 heavy (non-hydrogen) atoms. The molecular weight excluding hydrogens is 244 g/mol. The third-order valence-electron chi connectivity index (χ3n) is 4.36. The second-order valence-electron chi connectivity index (χ2n) is 5.99. The summed E-state index contributed by atoms with van der Waals surface area (Å²) in [6, 6.07) is 9.67. The molecule has 0 spiro atoms. The van der Waals surface area contributed by atoms with Crippen LogP contribution >= 0.6 is 0 Å². The van der Waals surface area contributed by atoms with Gasteiger partial charge < -0.3 is 10.2 Å². The number of rotatable bonds is 7. The number of hydrogen-bond acceptors (Lipinski definition) is 2. The molecular formula is C18H30N2. The lowest BCUT2D eigenvalue weighted by Crippen LogP contribution is -2.29. The predicted octanol–water partition coefficient (Wildman–Crippen LogP) is 5.06. The number of benzene rings is 1. The van der Waals surface area contributed by atoms with Gasteiger partial charge in [-0.3, -0.25) is 0 Å². The Labute approximate surface area is 124 Å². The molecule has 1 heterocycles. The molecule has 0 bridgehead atoms. The molecule has 0 saturated carbocycles. The maximum absolute atomic E-state index is 3.68. The van der Waals surface area contributed by atoms with Crippen LogP contribution in [0.25, 0.3) is 0 Å². The summed E-state index contributed by atoms with van der Waals surface area (Å²) in [6.45, 7) is 6.98. The van der Waals surface area contributed by atoms with Crippen molar-refractivity contribution in [2.24, 2.45) is 0 Å². The van der Waals surface area contributed by atoms with Crippen LogP contribution in [0.5, 0.6) is 0 Å². The molecule has 1 unspecified atom stereocenters. The van der Waals surface area contributed by atoms with E-state index in [1.54, 1.807) is 0 Å². The number of nitrogens with zero attached hydrogens (tertiary/aromatic N) is 1. The highest BCUT2D eigenvalue weighted by Crippen LogP contribution is 2.22. The SMILES string of the molecule is CCCCC(CC)Nc1ccc(N2CCCCC2)cc1. The summed E-state index contributed by atoms with van der Waals surface area (Å²) in [5.74, 6) is 0. The zero-order valence-corrected chi connectivity index (χ0v) is 13.2. The van der Waals surface area contributed by atoms with E-state index in [0.717, 1.165) is 0 Å². The Kier molecular flexibility index (Phi) is 6.23. The fourth-order valence-electron chi connectivity index (χ4n) is 2.99. The van der Waals surface area contributed by atoms with E-state index < -0.39 is 0 Å². The second-order valence-corrected chi connectivity index (χ2v) is 5.99. The van der Waals surface area contributed by atoms with Gasteiger partial charge in [0.1, 0.15) is 0 Å². The first-order valence-electron chi connectivity index (χ1n) is 8.45. The summed E-state index contributed by atoms with van der Waals surface area (Å²) in [5.41, 5.74) is 2.66. The van der Waals surface area contributed by atoms with Crippen molar-refractivity contribution in [3.63, 3.8) is 0 Å². The van der Waals surface area contributed by atoms with Crippen LogP contribution in [0.2, 0.25) is 0 Å². The van der Waals surface area contributed by atoms with E-state index in [0.29, 0.717) is 6.04 Å². The van der Waals surface area contributed by atoms with Crippen molar-refractivity contribution in [3.8, 4) is 0 Å². The summed E-state index contributed by atoms with van der Waals surface area (Å²) in [6.07, 6.45) is 9.16. The van der Waals surface area contributed by atoms with E-state index in [1.807, 2.05) is 0 Å². The second kappa shape index (κ2) is 8.18. The Hall–Kier alpha value is -1.18. The zero-order valence-electron chi connectivity index (χ0n) is 13.2. The fourth-order valence-corrected chi connectivity index (χ4v) is 2.99. The van der Waals surface area contributed by atoms with E-state index in [-0.39, 0.29) is 0 Å². The van der Waals surface area contributed by atoms with Gasteiger partial charge in [0.25, 0.3) is 0 Å². The normalized spacial score (nSPS) is 17.0. The van der Waals surface area contributed by atoms with Crippen molar-refractivity contribution in [2.75, 3.05) is 23.3 Å². The summed E-state index contributed by atoms with van der Waals surface area (Å²) in [7, 11) is 0. The quantitative estimate of drug-likeness (QED) is 0.748. The fraction of sp³-hybridized carbons (Fsp3) is 0.667. The molecule has 1 fully saturated rings. The van der Waals surface area contributed by atoms with Gasteiger partial charge in [0.2, 0.25) is 0 Å². The predicted molar refractivity (Wildman–Crippen MR) is 89.7 cm³/mol. The average molecular weight is 274 g/mol. The minimum absolute atomic E-state index is 0.621. The molecule has 1 aromatic carbocycles. The molecule has 2 nitrogen and oxygen atoms in total. The van der Waals surface area contributed by atoms with Gasteiger partial charge in [0.05, 0.1) is 0 Å². The lowest BCUT2D eigenvalue weighted by Gasteiger charge is -2.29. The number of piperidine rings is 1. The summed E-state index contributed by atoms with van der Waals surface area (Å²) < 4.78 is 0. The van der Waals surface area contributed by atoms with Crippen molar-refractivity contribution >= 4 is 11.4 Å². The molecule has 0 aromatic heterocycles. The third kappa shape index (κ3) is 4.43. The molecule has 1 saturated heterocycles. The van der Waals surface area contributed by atoms with Crippen LogP contribution < -0.4 is 10.2 Å². The summed E-state index contributed by atoms with van der Waals surface area (Å²) in [5, 5.41) is 3.68. The molecule has 1 N–H and O–H groups in total. The maximum Gasteiger partial charge on any atom is 0.0367 e. The number of anilines is 2. The molecule has 0 amide bonds. The average Bonchev–Trinajstić information content (AvgIpc) is 2.53. The van der Waals surface area contributed by atoms with Gasteiger partial charge in [0, 0.05) is 30.5 Å². The first-order valence-corrected chi connectivity index (χ1v) is 8.45. The maximum atomic E-state index is 3.68. The Morgan fingerprint density at radius 1 is 1.05 bits per heavy atom. The summed E-state index contributed by atoms with van der Waals surface area (Å²) >= 11 is 0. The van der Waals surface area contributed by atoms with Crippen LogP contribution in [0.4, 0.5) is 11.4 Å². The van der Waals surface area contributed by atoms with Gasteiger partial charge in [-0.25, -0.2) is 0 Å². The van der Waals surface area contributed by atoms with Crippen molar-refractivity contribution in [2.45, 2.75) is 64.8 Å². The highest BCUT2D eigenvalue weighted by Gasteiger charge is 2.11. The molecule has 112 valence electrons. The lowest BCUT2D eigenvalue weighted by molar-refractivity contribution is 0.578. The van der Waals surface area contributed by atoms with E-state index in [1.165, 1.54) is 69.4 Å². The Morgan fingerprint density at radius 3 is 2.35 bits per heavy atom. The lowest BCUT2D eigenvalue weighted by atomic mass is 10.1. The van der Waals surface area contributed by atoms with Gasteiger partial charge in [-0.2, -0.15) is 0 Å². The Balaban J connectivity index is 1.89. The van der Waals surface area contributed by atoms with Crippen LogP contribution in [-0.4, -0.2) is 19.1 Å². The minimum atomic E-state index is 0.621. The van der Waals surface area contributed by atoms with E-state index >= 15 is 0 Å². The zero-order chi connectivity index (χ0) is 14.2. The van der Waals surface area contributed by atoms with Crippen LogP contribution in [0.15, 0.2) is 24.3 Å². The first-order chi connectivity index (χ1) is 9.83. The van der Waals surface area contributed by atoms with Gasteiger partial charge in [-0.1, -0.05) is 26.7 Å². The molecule has 0 radical (unpaired) electrons. The summed E-state index contributed by atoms with van der Waals surface area (Å²) in [4.78, 5) is 2.52. The topological polar surface area (TPSA) is 15.3 Å². The van der Waals surface area contributed by atoms with Gasteiger partial charge in [-0.15, -0.1) is 0 Å². The van der Waals surface area contributed by atoms with Gasteiger partial charge in [0.15, 0.2) is 0 Å². The van der Waals surface area contributed by atoms with Gasteiger partial charge in [-0.05, 0) is 56.4 Å². The number of hydrogen-bond donors (Lipinski definition) is 1. The highest BCUT2D eigenvalue weighted by atomic mass is 15.1. The van der Waals surface area contributed by atoms with Crippen LogP contribution in [0.3, 0.4) is 0 Å². The monoisotopic (exact) mass is 274 g/mol. The van der Waals surface area contributed by atoms with Crippen molar-refractivity contribution in [1.29, 1.82) is 0 Å². The smallest absolute Gasteiger partial charge is 0.0367 e. The van der Waals surface area contributed by atoms with E-state index in [2.05, 4.69) is 48.3 Å². The molecule has 1 aliphatic rings. The van der Waals surface area contributed by atoms with Crippen LogP contribution in [-0.2, 0) is 0 Å². The molecule has 1 atom stereocenters. The first kappa shape index (κ1) is 15.2. The van der Waals surface area contributed by atoms with E-state index in [9.17, 15) is 0 Å². The van der Waals surface area contributed by atoms with Crippen LogP contribution in [0, 0.1) is 0 Å². The number of nitrogens with one attached hydrogen (secondary N) is 1. The Morgan fingerprint density at radius 2 is 1.75 bits per heavy atom. The number of unbranched alkanes of at least 4 members (excludes halogenated alkanes) is 1. The molecule has 2 rings (SSSR count). The minimum Gasteiger partial charge on any atom is -0.382 e. The Bertz CT molecular complexity index is 366. The van der Waals surface area contributed by atoms with Crippen LogP contribution in [0.1, 0.15) is 58.8 Å². The van der Waals surface area contributed by atoms with Crippen molar-refractivity contribution < 1.29 is 0 Å². The third-order valence-corrected chi connectivity index (χ3v) is 4.36. The molecule has 2 heteroatoms. The molecule has 1 aromatic rings. The van der Waals surface area contributed by atoms with Crippen molar-refractivity contribution in [1.82, 2.24) is 0 Å².